The minimum Gasteiger partial charge on any atom is -0.352 e. The van der Waals surface area contributed by atoms with E-state index in [0.717, 1.165) is 31.6 Å². The lowest BCUT2D eigenvalue weighted by atomic mass is 9.84. The third kappa shape index (κ3) is 6.13. The Morgan fingerprint density at radius 1 is 1.21 bits per heavy atom. The van der Waals surface area contributed by atoms with E-state index in [0.29, 0.717) is 30.4 Å². The molecule has 1 aromatic carbocycles. The van der Waals surface area contributed by atoms with Gasteiger partial charge in [0.15, 0.2) is 0 Å². The molecule has 0 aromatic heterocycles. The lowest BCUT2D eigenvalue weighted by Crippen LogP contribution is -2.32. The summed E-state index contributed by atoms with van der Waals surface area (Å²) >= 11 is 0. The van der Waals surface area contributed by atoms with Gasteiger partial charge >= 0.3 is 0 Å². The molecule has 5 nitrogen and oxygen atoms in total. The maximum absolute atomic E-state index is 12.2. The highest BCUT2D eigenvalue weighted by atomic mass is 35.5. The van der Waals surface area contributed by atoms with Gasteiger partial charge in [-0.3, -0.25) is 9.59 Å². The van der Waals surface area contributed by atoms with E-state index in [-0.39, 0.29) is 24.2 Å². The first-order valence-corrected chi connectivity index (χ1v) is 8.49. The molecule has 1 unspecified atom stereocenters. The van der Waals surface area contributed by atoms with Crippen molar-refractivity contribution in [2.24, 2.45) is 11.8 Å². The van der Waals surface area contributed by atoms with E-state index in [4.69, 9.17) is 0 Å². The predicted molar refractivity (Wildman–Crippen MR) is 99.7 cm³/mol. The van der Waals surface area contributed by atoms with E-state index in [2.05, 4.69) is 22.9 Å². The largest absolute Gasteiger partial charge is 0.352 e. The molecule has 1 aromatic rings. The predicted octanol–water partition coefficient (Wildman–Crippen LogP) is 2.82. The molecule has 1 fully saturated rings. The van der Waals surface area contributed by atoms with Gasteiger partial charge in [-0.2, -0.15) is 0 Å². The number of hydrogen-bond donors (Lipinski definition) is 3. The fourth-order valence-electron chi connectivity index (χ4n) is 3.05. The van der Waals surface area contributed by atoms with Crippen LogP contribution >= 0.6 is 12.4 Å². The summed E-state index contributed by atoms with van der Waals surface area (Å²) in [6.07, 6.45) is 2.84. The van der Waals surface area contributed by atoms with Gasteiger partial charge in [0.2, 0.25) is 5.91 Å². The van der Waals surface area contributed by atoms with Gasteiger partial charge in [0.1, 0.15) is 0 Å². The number of benzene rings is 1. The maximum Gasteiger partial charge on any atom is 0.251 e. The fourth-order valence-corrected chi connectivity index (χ4v) is 3.05. The van der Waals surface area contributed by atoms with E-state index in [1.807, 2.05) is 6.92 Å². The molecular weight excluding hydrogens is 326 g/mol. The molecule has 1 aliphatic rings. The third-order valence-corrected chi connectivity index (χ3v) is 4.46. The van der Waals surface area contributed by atoms with Crippen LogP contribution < -0.4 is 16.0 Å². The molecule has 6 heteroatoms. The zero-order valence-electron chi connectivity index (χ0n) is 14.4. The third-order valence-electron chi connectivity index (χ3n) is 4.46. The number of hydrogen-bond acceptors (Lipinski definition) is 3. The quantitative estimate of drug-likeness (QED) is 0.736. The van der Waals surface area contributed by atoms with Crippen molar-refractivity contribution in [3.05, 3.63) is 29.8 Å². The van der Waals surface area contributed by atoms with Gasteiger partial charge < -0.3 is 16.0 Å². The molecule has 134 valence electrons. The van der Waals surface area contributed by atoms with Crippen LogP contribution in [0.4, 0.5) is 5.69 Å². The number of rotatable bonds is 6. The van der Waals surface area contributed by atoms with Gasteiger partial charge in [-0.1, -0.05) is 6.92 Å². The van der Waals surface area contributed by atoms with Gasteiger partial charge in [0.25, 0.3) is 5.91 Å². The minimum atomic E-state index is -0.0927. The first-order chi connectivity index (χ1) is 11.1. The molecule has 2 rings (SSSR count). The molecule has 0 bridgehead atoms. The highest BCUT2D eigenvalue weighted by Gasteiger charge is 2.22. The van der Waals surface area contributed by atoms with E-state index in [9.17, 15) is 9.59 Å². The SMILES string of the molecule is CCNC(=O)c1ccc(NC(=O)CC(C)C2CCNCC2)cc1.Cl. The van der Waals surface area contributed by atoms with Crippen molar-refractivity contribution in [3.8, 4) is 0 Å². The van der Waals surface area contributed by atoms with Crippen LogP contribution in [0.1, 0.15) is 43.5 Å². The van der Waals surface area contributed by atoms with Crippen LogP contribution in [0.3, 0.4) is 0 Å². The van der Waals surface area contributed by atoms with Crippen molar-refractivity contribution in [2.75, 3.05) is 25.0 Å². The monoisotopic (exact) mass is 353 g/mol. The molecule has 1 atom stereocenters. The highest BCUT2D eigenvalue weighted by Crippen LogP contribution is 2.24. The standard InChI is InChI=1S/C18H27N3O2.ClH/c1-3-20-18(23)15-4-6-16(7-5-15)21-17(22)12-13(2)14-8-10-19-11-9-14;/h4-7,13-14,19H,3,8-12H2,1-2H3,(H,20,23)(H,21,22);1H. The Kier molecular flexibility index (Phi) is 8.79. The molecule has 3 N–H and O–H groups in total. The van der Waals surface area contributed by atoms with E-state index >= 15 is 0 Å². The summed E-state index contributed by atoms with van der Waals surface area (Å²) in [5.41, 5.74) is 1.34. The molecule has 2 amide bonds. The molecule has 1 saturated heterocycles. The zero-order valence-corrected chi connectivity index (χ0v) is 15.2. The molecule has 0 radical (unpaired) electrons. The summed E-state index contributed by atoms with van der Waals surface area (Å²) in [4.78, 5) is 23.9. The Balaban J connectivity index is 0.00000288. The zero-order chi connectivity index (χ0) is 16.7. The van der Waals surface area contributed by atoms with E-state index in [1.165, 1.54) is 0 Å². The Morgan fingerprint density at radius 2 is 1.83 bits per heavy atom. The van der Waals surface area contributed by atoms with Gasteiger partial charge in [-0.05, 0) is 69.0 Å². The van der Waals surface area contributed by atoms with Crippen LogP contribution in [-0.2, 0) is 4.79 Å². The smallest absolute Gasteiger partial charge is 0.251 e. The van der Waals surface area contributed by atoms with Crippen molar-refractivity contribution in [3.63, 3.8) is 0 Å². The second-order valence-corrected chi connectivity index (χ2v) is 6.25. The van der Waals surface area contributed by atoms with Crippen molar-refractivity contribution >= 4 is 29.9 Å². The first kappa shape index (κ1) is 20.5. The first-order valence-electron chi connectivity index (χ1n) is 8.49. The van der Waals surface area contributed by atoms with Crippen LogP contribution in [-0.4, -0.2) is 31.4 Å². The van der Waals surface area contributed by atoms with Crippen molar-refractivity contribution < 1.29 is 9.59 Å². The Labute approximate surface area is 150 Å². The lowest BCUT2D eigenvalue weighted by Gasteiger charge is -2.27. The lowest BCUT2D eigenvalue weighted by molar-refractivity contribution is -0.117. The van der Waals surface area contributed by atoms with E-state index < -0.39 is 0 Å². The van der Waals surface area contributed by atoms with Crippen LogP contribution in [0.25, 0.3) is 0 Å². The number of amides is 2. The van der Waals surface area contributed by atoms with Crippen molar-refractivity contribution in [1.29, 1.82) is 0 Å². The second-order valence-electron chi connectivity index (χ2n) is 6.25. The summed E-state index contributed by atoms with van der Waals surface area (Å²) in [7, 11) is 0. The van der Waals surface area contributed by atoms with Crippen LogP contribution in [0.5, 0.6) is 0 Å². The highest BCUT2D eigenvalue weighted by molar-refractivity contribution is 5.95. The summed E-state index contributed by atoms with van der Waals surface area (Å²) in [6.45, 7) is 6.76. The van der Waals surface area contributed by atoms with Gasteiger partial charge in [0, 0.05) is 24.2 Å². The van der Waals surface area contributed by atoms with E-state index in [1.54, 1.807) is 24.3 Å². The van der Waals surface area contributed by atoms with Gasteiger partial charge in [0.05, 0.1) is 0 Å². The summed E-state index contributed by atoms with van der Waals surface area (Å²) in [5.74, 6) is 0.973. The molecular formula is C18H28ClN3O2. The molecule has 0 saturated carbocycles. The Bertz CT molecular complexity index is 528. The maximum atomic E-state index is 12.2. The molecule has 1 aliphatic heterocycles. The number of carbonyl (C=O) groups is 2. The molecule has 24 heavy (non-hydrogen) atoms. The fraction of sp³-hybridized carbons (Fsp3) is 0.556. The van der Waals surface area contributed by atoms with Crippen molar-refractivity contribution in [2.45, 2.75) is 33.1 Å². The number of anilines is 1. The van der Waals surface area contributed by atoms with Gasteiger partial charge in [-0.15, -0.1) is 12.4 Å². The summed E-state index contributed by atoms with van der Waals surface area (Å²) < 4.78 is 0. The topological polar surface area (TPSA) is 70.2 Å². The number of piperidine rings is 1. The normalized spacial score (nSPS) is 15.9. The molecule has 1 heterocycles. The van der Waals surface area contributed by atoms with Gasteiger partial charge in [-0.25, -0.2) is 0 Å². The average Bonchev–Trinajstić information content (AvgIpc) is 2.56. The van der Waals surface area contributed by atoms with Crippen molar-refractivity contribution in [1.82, 2.24) is 10.6 Å². The second kappa shape index (κ2) is 10.3. The van der Waals surface area contributed by atoms with Crippen LogP contribution in [0.2, 0.25) is 0 Å². The number of carbonyl (C=O) groups excluding carboxylic acids is 2. The Hall–Kier alpha value is -1.59. The molecule has 0 spiro atoms. The van der Waals surface area contributed by atoms with Crippen LogP contribution in [0, 0.1) is 11.8 Å². The van der Waals surface area contributed by atoms with Crippen LogP contribution in [0.15, 0.2) is 24.3 Å². The molecule has 0 aliphatic carbocycles. The number of halogens is 1. The Morgan fingerprint density at radius 3 is 2.42 bits per heavy atom. The minimum absolute atomic E-state index is 0. The average molecular weight is 354 g/mol. The number of nitrogens with one attached hydrogen (secondary N) is 3. The summed E-state index contributed by atoms with van der Waals surface area (Å²) in [5, 5.41) is 9.03. The summed E-state index contributed by atoms with van der Waals surface area (Å²) in [6, 6.07) is 7.02.